The zero-order valence-electron chi connectivity index (χ0n) is 17.6. The van der Waals surface area contributed by atoms with Gasteiger partial charge in [0.1, 0.15) is 0 Å². The zero-order valence-corrected chi connectivity index (χ0v) is 19.2. The van der Waals surface area contributed by atoms with Crippen LogP contribution in [0.25, 0.3) is 0 Å². The molecule has 0 fully saturated rings. The molecule has 9 nitrogen and oxygen atoms in total. The highest BCUT2D eigenvalue weighted by molar-refractivity contribution is 7.13. The van der Waals surface area contributed by atoms with E-state index in [9.17, 15) is 9.59 Å². The lowest BCUT2D eigenvalue weighted by Gasteiger charge is -2.17. The van der Waals surface area contributed by atoms with Crippen LogP contribution in [0.3, 0.4) is 0 Å². The highest BCUT2D eigenvalue weighted by Crippen LogP contribution is 2.37. The van der Waals surface area contributed by atoms with Gasteiger partial charge in [-0.1, -0.05) is 11.6 Å². The highest BCUT2D eigenvalue weighted by atomic mass is 35.5. The van der Waals surface area contributed by atoms with Gasteiger partial charge in [0.15, 0.2) is 17.6 Å². The summed E-state index contributed by atoms with van der Waals surface area (Å²) in [4.78, 5) is 27.4. The molecule has 2 aromatic rings. The number of esters is 2. The largest absolute Gasteiger partial charge is 0.490 e. The number of hydrazone groups is 1. The fraction of sp³-hybridized carbons (Fsp3) is 0.400. The van der Waals surface area contributed by atoms with Crippen LogP contribution in [0.1, 0.15) is 32.0 Å². The second-order valence-corrected chi connectivity index (χ2v) is 7.31. The molecule has 0 saturated carbocycles. The molecule has 1 atom stereocenters. The Hall–Kier alpha value is -2.85. The number of nitrogens with one attached hydrogen (secondary N) is 1. The number of benzene rings is 1. The summed E-state index contributed by atoms with van der Waals surface area (Å²) in [6.07, 6.45) is 0.791. The van der Waals surface area contributed by atoms with Crippen LogP contribution in [0.2, 0.25) is 5.02 Å². The maximum Gasteiger partial charge on any atom is 0.346 e. The van der Waals surface area contributed by atoms with E-state index < -0.39 is 12.1 Å². The molecule has 2 rings (SSSR count). The number of thiazole rings is 1. The molecule has 0 saturated heterocycles. The Kier molecular flexibility index (Phi) is 9.54. The molecule has 168 valence electrons. The number of ether oxygens (including phenoxy) is 4. The first-order valence-corrected chi connectivity index (χ1v) is 10.7. The quantitative estimate of drug-likeness (QED) is 0.301. The van der Waals surface area contributed by atoms with Gasteiger partial charge in [-0.15, -0.1) is 11.3 Å². The van der Waals surface area contributed by atoms with Crippen LogP contribution in [0.5, 0.6) is 11.5 Å². The molecule has 31 heavy (non-hydrogen) atoms. The van der Waals surface area contributed by atoms with Crippen LogP contribution < -0.4 is 14.9 Å². The van der Waals surface area contributed by atoms with Crippen molar-refractivity contribution in [3.8, 4) is 11.5 Å². The molecule has 1 aromatic carbocycles. The van der Waals surface area contributed by atoms with Crippen molar-refractivity contribution < 1.29 is 28.5 Å². The predicted molar refractivity (Wildman–Crippen MR) is 118 cm³/mol. The summed E-state index contributed by atoms with van der Waals surface area (Å²) < 4.78 is 20.8. The summed E-state index contributed by atoms with van der Waals surface area (Å²) in [6, 6.07) is 3.32. The first-order chi connectivity index (χ1) is 14.9. The summed E-state index contributed by atoms with van der Waals surface area (Å²) in [7, 11) is 1.28. The van der Waals surface area contributed by atoms with Gasteiger partial charge < -0.3 is 18.9 Å². The van der Waals surface area contributed by atoms with E-state index in [1.54, 1.807) is 31.4 Å². The Balaban J connectivity index is 2.09. The van der Waals surface area contributed by atoms with E-state index in [0.717, 1.165) is 0 Å². The molecule has 1 N–H and O–H groups in total. The molecule has 1 heterocycles. The number of anilines is 1. The average molecular weight is 470 g/mol. The van der Waals surface area contributed by atoms with Crippen molar-refractivity contribution in [3.05, 3.63) is 33.8 Å². The number of hydrogen-bond donors (Lipinski definition) is 1. The van der Waals surface area contributed by atoms with E-state index in [1.807, 2.05) is 6.92 Å². The topological polar surface area (TPSA) is 108 Å². The fourth-order valence-electron chi connectivity index (χ4n) is 2.39. The molecular weight excluding hydrogens is 446 g/mol. The van der Waals surface area contributed by atoms with Gasteiger partial charge in [0, 0.05) is 5.38 Å². The summed E-state index contributed by atoms with van der Waals surface area (Å²) in [5, 5.41) is 6.68. The lowest BCUT2D eigenvalue weighted by Crippen LogP contribution is -2.25. The van der Waals surface area contributed by atoms with Gasteiger partial charge in [-0.3, -0.25) is 10.2 Å². The van der Waals surface area contributed by atoms with Gasteiger partial charge in [0.05, 0.1) is 43.7 Å². The second kappa shape index (κ2) is 12.1. The van der Waals surface area contributed by atoms with Crippen LogP contribution in [-0.4, -0.2) is 49.6 Å². The van der Waals surface area contributed by atoms with Gasteiger partial charge in [-0.05, 0) is 38.5 Å². The second-order valence-electron chi connectivity index (χ2n) is 6.04. The minimum atomic E-state index is -0.850. The Morgan fingerprint density at radius 2 is 2.10 bits per heavy atom. The molecular formula is C20H24ClN3O6S. The predicted octanol–water partition coefficient (Wildman–Crippen LogP) is 3.69. The fourth-order valence-corrected chi connectivity index (χ4v) is 3.31. The summed E-state index contributed by atoms with van der Waals surface area (Å²) in [5.41, 5.74) is 4.05. The molecule has 0 bridgehead atoms. The van der Waals surface area contributed by atoms with Crippen molar-refractivity contribution in [2.75, 3.05) is 25.7 Å². The first kappa shape index (κ1) is 24.4. The number of halogens is 1. The van der Waals surface area contributed by atoms with Crippen molar-refractivity contribution in [2.24, 2.45) is 5.10 Å². The van der Waals surface area contributed by atoms with Crippen molar-refractivity contribution in [1.29, 1.82) is 0 Å². The Morgan fingerprint density at radius 1 is 1.32 bits per heavy atom. The number of aromatic nitrogens is 1. The molecule has 0 spiro atoms. The van der Waals surface area contributed by atoms with Crippen molar-refractivity contribution in [1.82, 2.24) is 4.98 Å². The third-order valence-corrected chi connectivity index (χ3v) is 4.79. The van der Waals surface area contributed by atoms with Gasteiger partial charge in [0.25, 0.3) is 0 Å². The van der Waals surface area contributed by atoms with Gasteiger partial charge in [-0.2, -0.15) is 5.10 Å². The Morgan fingerprint density at radius 3 is 2.77 bits per heavy atom. The molecule has 0 aliphatic carbocycles. The third-order valence-electron chi connectivity index (χ3n) is 3.72. The van der Waals surface area contributed by atoms with Crippen molar-refractivity contribution in [3.63, 3.8) is 0 Å². The van der Waals surface area contributed by atoms with E-state index in [1.165, 1.54) is 24.7 Å². The first-order valence-electron chi connectivity index (χ1n) is 9.47. The maximum atomic E-state index is 11.6. The Bertz CT molecular complexity index is 934. The van der Waals surface area contributed by atoms with Crippen molar-refractivity contribution >= 4 is 46.2 Å². The number of nitrogens with zero attached hydrogens (tertiary/aromatic N) is 2. The smallest absolute Gasteiger partial charge is 0.346 e. The van der Waals surface area contributed by atoms with Gasteiger partial charge in [0.2, 0.25) is 5.13 Å². The minimum absolute atomic E-state index is 0.106. The van der Waals surface area contributed by atoms with E-state index in [2.05, 4.69) is 20.2 Å². The van der Waals surface area contributed by atoms with E-state index in [0.29, 0.717) is 35.4 Å². The summed E-state index contributed by atoms with van der Waals surface area (Å²) in [6.45, 7) is 5.83. The number of hydrogen-bond acceptors (Lipinski definition) is 10. The van der Waals surface area contributed by atoms with Crippen LogP contribution in [-0.2, 0) is 25.5 Å². The summed E-state index contributed by atoms with van der Waals surface area (Å²) >= 11 is 7.66. The monoisotopic (exact) mass is 469 g/mol. The number of carbonyl (C=O) groups is 2. The third kappa shape index (κ3) is 7.41. The molecule has 1 unspecified atom stereocenters. The van der Waals surface area contributed by atoms with E-state index >= 15 is 0 Å². The minimum Gasteiger partial charge on any atom is -0.490 e. The SMILES string of the molecule is CCOC(=O)Cc1csc(NN=Cc2cc(Cl)c(OC(C)C(=O)OC)c(OCC)c2)n1. The lowest BCUT2D eigenvalue weighted by molar-refractivity contribution is -0.148. The maximum absolute atomic E-state index is 11.6. The Labute approximate surface area is 189 Å². The van der Waals surface area contributed by atoms with Gasteiger partial charge in [-0.25, -0.2) is 9.78 Å². The van der Waals surface area contributed by atoms with Gasteiger partial charge >= 0.3 is 11.9 Å². The summed E-state index contributed by atoms with van der Waals surface area (Å²) in [5.74, 6) is -0.239. The van der Waals surface area contributed by atoms with Crippen LogP contribution in [0.4, 0.5) is 5.13 Å². The van der Waals surface area contributed by atoms with Crippen LogP contribution in [0.15, 0.2) is 22.6 Å². The lowest BCUT2D eigenvalue weighted by atomic mass is 10.2. The van der Waals surface area contributed by atoms with E-state index in [4.69, 9.17) is 25.8 Å². The molecule has 0 radical (unpaired) electrons. The normalized spacial score (nSPS) is 11.8. The van der Waals surface area contributed by atoms with Crippen molar-refractivity contribution in [2.45, 2.75) is 33.3 Å². The zero-order chi connectivity index (χ0) is 22.8. The standard InChI is InChI=1S/C20H24ClN3O6S/c1-5-28-16-8-13(7-15(21)18(16)30-12(3)19(26)27-4)10-22-24-20-23-14(11-31-20)9-17(25)29-6-2/h7-8,10-12H,5-6,9H2,1-4H3,(H,23,24). The molecule has 0 aliphatic heterocycles. The number of carbonyl (C=O) groups excluding carboxylic acids is 2. The highest BCUT2D eigenvalue weighted by Gasteiger charge is 2.20. The number of methoxy groups -OCH3 is 1. The number of rotatable bonds is 11. The van der Waals surface area contributed by atoms with Crippen LogP contribution >= 0.6 is 22.9 Å². The molecule has 1 aromatic heterocycles. The van der Waals surface area contributed by atoms with E-state index in [-0.39, 0.29) is 23.2 Å². The molecule has 11 heteroatoms. The molecule has 0 amide bonds. The molecule has 0 aliphatic rings. The average Bonchev–Trinajstić information content (AvgIpc) is 3.17. The van der Waals surface area contributed by atoms with Crippen LogP contribution in [0, 0.1) is 0 Å².